The number of Topliss-reactive ketones (excluding diaryl/α,β-unsaturated/α-hetero) is 2. The van der Waals surface area contributed by atoms with E-state index in [2.05, 4.69) is 4.98 Å². The molecule has 1 unspecified atom stereocenters. The second-order valence-electron chi connectivity index (χ2n) is 5.44. The van der Waals surface area contributed by atoms with Crippen molar-refractivity contribution in [3.05, 3.63) is 33.8 Å². The summed E-state index contributed by atoms with van der Waals surface area (Å²) in [7, 11) is 0. The number of nitrogens with zero attached hydrogens (tertiary/aromatic N) is 1. The van der Waals surface area contributed by atoms with Gasteiger partial charge in [0.2, 0.25) is 5.78 Å². The Hall–Kier alpha value is -0.438. The molecule has 1 aliphatic heterocycles. The van der Waals surface area contributed by atoms with E-state index in [0.29, 0.717) is 41.1 Å². The number of ketones is 2. The Bertz CT molecular complexity index is 670. The van der Waals surface area contributed by atoms with Crippen molar-refractivity contribution in [3.8, 4) is 0 Å². The smallest absolute Gasteiger partial charge is 0.226 e. The number of carbonyl (C=O) groups excluding carboxylic acids is 2. The number of aromatic nitrogens is 1. The third-order valence-electron chi connectivity index (χ3n) is 4.27. The average molecular weight is 485 g/mol. The monoisotopic (exact) mass is 485 g/mol. The van der Waals surface area contributed by atoms with Gasteiger partial charge < -0.3 is 15.0 Å². The molecule has 0 aromatic carbocycles. The van der Waals surface area contributed by atoms with Crippen molar-refractivity contribution in [1.29, 1.82) is 0 Å². The summed E-state index contributed by atoms with van der Waals surface area (Å²) in [6.07, 6.45) is 0.705. The van der Waals surface area contributed by atoms with Gasteiger partial charge in [0.1, 0.15) is 5.69 Å². The third kappa shape index (κ3) is 1.81. The number of carbonyl (C=O) groups is 2. The molecule has 1 aromatic heterocycles. The standard InChI is InChI=1S/C14H14N2O3.Ac/c1-6-12(16-4-5-16)14(19)11-9(13(6)18)7-2-3-8(17)10(7)15-11;/h8,15,17H,2-5H2,1H3;. The van der Waals surface area contributed by atoms with E-state index in [1.165, 1.54) is 0 Å². The number of rotatable bonds is 1. The molecule has 3 aliphatic rings. The van der Waals surface area contributed by atoms with Crippen LogP contribution in [0.25, 0.3) is 0 Å². The molecule has 4 rings (SSSR count). The Morgan fingerprint density at radius 1 is 1.25 bits per heavy atom. The molecule has 1 fully saturated rings. The van der Waals surface area contributed by atoms with Crippen LogP contribution in [0.2, 0.25) is 0 Å². The normalized spacial score (nSPS) is 23.7. The minimum Gasteiger partial charge on any atom is -0.387 e. The van der Waals surface area contributed by atoms with Crippen LogP contribution < -0.4 is 0 Å². The van der Waals surface area contributed by atoms with E-state index in [0.717, 1.165) is 18.7 Å². The first-order chi connectivity index (χ1) is 9.09. The molecule has 2 N–H and O–H groups in total. The number of fused-ring (bicyclic) bond motifs is 3. The molecule has 20 heavy (non-hydrogen) atoms. The minimum absolute atomic E-state index is 0. The SMILES string of the molecule is CC1=C(N2CC2)C(=O)c2[nH]c3c(c2C1=O)CCC3O.[Ac]. The molecule has 0 saturated carbocycles. The van der Waals surface area contributed by atoms with Crippen LogP contribution in [0, 0.1) is 44.1 Å². The van der Waals surface area contributed by atoms with Crippen LogP contribution in [0.1, 0.15) is 51.6 Å². The number of H-pyrrole nitrogens is 1. The van der Waals surface area contributed by atoms with Gasteiger partial charge in [0.15, 0.2) is 5.78 Å². The molecule has 1 aromatic rings. The first-order valence-electron chi connectivity index (χ1n) is 6.57. The Balaban J connectivity index is 0.00000121. The molecule has 2 heterocycles. The van der Waals surface area contributed by atoms with Crippen LogP contribution in [-0.4, -0.2) is 39.6 Å². The number of nitrogens with one attached hydrogen (secondary N) is 1. The van der Waals surface area contributed by atoms with Crippen molar-refractivity contribution < 1.29 is 58.8 Å². The van der Waals surface area contributed by atoms with Gasteiger partial charge in [0.05, 0.1) is 17.4 Å². The first kappa shape index (κ1) is 14.5. The summed E-state index contributed by atoms with van der Waals surface area (Å²) in [6, 6.07) is 0. The van der Waals surface area contributed by atoms with Crippen molar-refractivity contribution in [2.45, 2.75) is 25.9 Å². The second kappa shape index (κ2) is 4.79. The molecule has 0 amide bonds. The number of hydrogen-bond donors (Lipinski definition) is 2. The largest absolute Gasteiger partial charge is 0.387 e. The van der Waals surface area contributed by atoms with Crippen LogP contribution in [0.15, 0.2) is 11.3 Å². The zero-order valence-corrected chi connectivity index (χ0v) is 15.9. The maximum absolute atomic E-state index is 12.5. The van der Waals surface area contributed by atoms with Crippen LogP contribution >= 0.6 is 0 Å². The molecule has 1 saturated heterocycles. The quantitative estimate of drug-likeness (QED) is 0.582. The Morgan fingerprint density at radius 2 is 1.95 bits per heavy atom. The topological polar surface area (TPSA) is 73.2 Å². The maximum Gasteiger partial charge on any atom is 0.226 e. The summed E-state index contributed by atoms with van der Waals surface area (Å²) in [5.41, 5.74) is 3.45. The van der Waals surface area contributed by atoms with Gasteiger partial charge in [-0.25, -0.2) is 0 Å². The summed E-state index contributed by atoms with van der Waals surface area (Å²) < 4.78 is 0. The Morgan fingerprint density at radius 3 is 2.60 bits per heavy atom. The fraction of sp³-hybridized carbons (Fsp3) is 0.429. The second-order valence-corrected chi connectivity index (χ2v) is 5.44. The molecule has 6 heteroatoms. The molecular formula is C14H14AcN2O3. The van der Waals surface area contributed by atoms with Crippen LogP contribution in [0.4, 0.5) is 0 Å². The molecule has 2 aliphatic carbocycles. The van der Waals surface area contributed by atoms with Gasteiger partial charge in [-0.1, -0.05) is 0 Å². The zero-order valence-electron chi connectivity index (χ0n) is 11.2. The summed E-state index contributed by atoms with van der Waals surface area (Å²) in [5, 5.41) is 9.88. The van der Waals surface area contributed by atoms with Crippen molar-refractivity contribution >= 4 is 11.6 Å². The number of aromatic amines is 1. The van der Waals surface area contributed by atoms with E-state index in [4.69, 9.17) is 0 Å². The van der Waals surface area contributed by atoms with Crippen molar-refractivity contribution in [2.75, 3.05) is 13.1 Å². The van der Waals surface area contributed by atoms with E-state index in [9.17, 15) is 14.7 Å². The van der Waals surface area contributed by atoms with E-state index < -0.39 is 6.10 Å². The summed E-state index contributed by atoms with van der Waals surface area (Å²) in [6.45, 7) is 3.40. The van der Waals surface area contributed by atoms with Crippen LogP contribution in [0.3, 0.4) is 0 Å². The van der Waals surface area contributed by atoms with Gasteiger partial charge in [-0.2, -0.15) is 0 Å². The Labute approximate surface area is 152 Å². The number of aliphatic hydroxyl groups is 1. The molecular weight excluding hydrogens is 471 g/mol. The molecule has 101 valence electrons. The van der Waals surface area contributed by atoms with E-state index in [-0.39, 0.29) is 55.6 Å². The molecule has 0 spiro atoms. The van der Waals surface area contributed by atoms with Crippen LogP contribution in [-0.2, 0) is 6.42 Å². The first-order valence-corrected chi connectivity index (χ1v) is 6.57. The molecule has 5 nitrogen and oxygen atoms in total. The summed E-state index contributed by atoms with van der Waals surface area (Å²) in [4.78, 5) is 29.9. The van der Waals surface area contributed by atoms with Gasteiger partial charge >= 0.3 is 0 Å². The average Bonchev–Trinajstić information content (AvgIpc) is 3.03. The van der Waals surface area contributed by atoms with Crippen molar-refractivity contribution in [2.24, 2.45) is 0 Å². The van der Waals surface area contributed by atoms with Gasteiger partial charge in [-0.05, 0) is 25.3 Å². The van der Waals surface area contributed by atoms with Gasteiger partial charge in [0, 0.05) is 68.4 Å². The Kier molecular flexibility index (Phi) is 3.47. The maximum atomic E-state index is 12.5. The van der Waals surface area contributed by atoms with E-state index in [1.807, 2.05) is 4.90 Å². The summed E-state index contributed by atoms with van der Waals surface area (Å²) >= 11 is 0. The number of aliphatic hydroxyl groups excluding tert-OH is 1. The zero-order chi connectivity index (χ0) is 13.3. The van der Waals surface area contributed by atoms with E-state index >= 15 is 0 Å². The fourth-order valence-corrected chi connectivity index (χ4v) is 3.19. The minimum atomic E-state index is -0.578. The van der Waals surface area contributed by atoms with Gasteiger partial charge in [-0.15, -0.1) is 0 Å². The number of allylic oxidation sites excluding steroid dienone is 2. The molecule has 1 radical (unpaired) electrons. The number of hydrogen-bond acceptors (Lipinski definition) is 4. The fourth-order valence-electron chi connectivity index (χ4n) is 3.19. The van der Waals surface area contributed by atoms with E-state index in [1.54, 1.807) is 6.92 Å². The van der Waals surface area contributed by atoms with Crippen LogP contribution in [0.5, 0.6) is 0 Å². The third-order valence-corrected chi connectivity index (χ3v) is 4.27. The van der Waals surface area contributed by atoms with Crippen molar-refractivity contribution in [1.82, 2.24) is 9.88 Å². The summed E-state index contributed by atoms with van der Waals surface area (Å²) in [5.74, 6) is -0.172. The van der Waals surface area contributed by atoms with Crippen molar-refractivity contribution in [3.63, 3.8) is 0 Å². The molecule has 0 bridgehead atoms. The van der Waals surface area contributed by atoms with Gasteiger partial charge in [-0.3, -0.25) is 9.59 Å². The predicted molar refractivity (Wildman–Crippen MR) is 67.0 cm³/mol. The molecule has 1 atom stereocenters. The predicted octanol–water partition coefficient (Wildman–Crippen LogP) is 0.963. The van der Waals surface area contributed by atoms with Gasteiger partial charge in [0.25, 0.3) is 0 Å².